The van der Waals surface area contributed by atoms with Crippen LogP contribution in [0, 0.1) is 5.41 Å². The van der Waals surface area contributed by atoms with Crippen molar-refractivity contribution < 1.29 is 9.59 Å². The van der Waals surface area contributed by atoms with Crippen molar-refractivity contribution in [2.45, 2.75) is 31.7 Å². The van der Waals surface area contributed by atoms with Crippen LogP contribution in [0.4, 0.5) is 0 Å². The van der Waals surface area contributed by atoms with Gasteiger partial charge in [-0.2, -0.15) is 0 Å². The second kappa shape index (κ2) is 7.12. The van der Waals surface area contributed by atoms with Crippen molar-refractivity contribution in [3.63, 3.8) is 0 Å². The third kappa shape index (κ3) is 3.34. The highest BCUT2D eigenvalue weighted by molar-refractivity contribution is 6.33. The number of hydrogen-bond donors (Lipinski definition) is 2. The standard InChI is InChI=1S/C22H23ClN4O2/c1-20(2,3)22(19(25)29)10-9-21(13-27-22,18(24)28)14-7-8-16(23)15(12-14)17-6-4-5-11-26-17/h4-13H,1-3H3,(H2,24,28)(H2,25,29). The van der Waals surface area contributed by atoms with Crippen LogP contribution in [0.3, 0.4) is 0 Å². The minimum atomic E-state index is -1.34. The summed E-state index contributed by atoms with van der Waals surface area (Å²) in [6, 6.07) is 10.6. The number of carbonyl (C=O) groups excluding carboxylic acids is 2. The molecule has 4 N–H and O–H groups in total. The van der Waals surface area contributed by atoms with Gasteiger partial charge >= 0.3 is 0 Å². The maximum absolute atomic E-state index is 12.6. The first-order valence-electron chi connectivity index (χ1n) is 9.11. The lowest BCUT2D eigenvalue weighted by Gasteiger charge is -2.40. The molecule has 2 aromatic rings. The van der Waals surface area contributed by atoms with Gasteiger partial charge in [0.1, 0.15) is 5.41 Å². The van der Waals surface area contributed by atoms with Crippen molar-refractivity contribution in [3.05, 3.63) is 65.3 Å². The van der Waals surface area contributed by atoms with E-state index in [1.807, 2.05) is 32.9 Å². The Morgan fingerprint density at radius 1 is 1.03 bits per heavy atom. The van der Waals surface area contributed by atoms with Crippen molar-refractivity contribution in [3.8, 4) is 11.3 Å². The number of pyridine rings is 1. The maximum Gasteiger partial charge on any atom is 0.249 e. The predicted octanol–water partition coefficient (Wildman–Crippen LogP) is 3.04. The topological polar surface area (TPSA) is 111 Å². The maximum atomic E-state index is 12.6. The van der Waals surface area contributed by atoms with E-state index in [-0.39, 0.29) is 0 Å². The molecule has 0 saturated carbocycles. The number of nitrogens with zero attached hydrogens (tertiary/aromatic N) is 2. The van der Waals surface area contributed by atoms with Crippen LogP contribution >= 0.6 is 11.6 Å². The van der Waals surface area contributed by atoms with E-state index < -0.39 is 28.2 Å². The molecular weight excluding hydrogens is 388 g/mol. The highest BCUT2D eigenvalue weighted by Crippen LogP contribution is 2.41. The second-order valence-electron chi connectivity index (χ2n) is 8.12. The molecule has 2 atom stereocenters. The van der Waals surface area contributed by atoms with E-state index in [0.29, 0.717) is 21.8 Å². The van der Waals surface area contributed by atoms with Gasteiger partial charge in [-0.05, 0) is 41.3 Å². The van der Waals surface area contributed by atoms with Crippen LogP contribution in [0.25, 0.3) is 11.3 Å². The first kappa shape index (κ1) is 20.7. The quantitative estimate of drug-likeness (QED) is 0.755. The molecule has 0 aliphatic carbocycles. The molecule has 0 saturated heterocycles. The molecule has 29 heavy (non-hydrogen) atoms. The van der Waals surface area contributed by atoms with Gasteiger partial charge in [0.15, 0.2) is 5.54 Å². The predicted molar refractivity (Wildman–Crippen MR) is 115 cm³/mol. The lowest BCUT2D eigenvalue weighted by Crippen LogP contribution is -2.54. The second-order valence-corrected chi connectivity index (χ2v) is 8.52. The number of primary amides is 2. The van der Waals surface area contributed by atoms with E-state index in [1.54, 1.807) is 42.6 Å². The van der Waals surface area contributed by atoms with Crippen LogP contribution in [0.5, 0.6) is 0 Å². The molecule has 2 unspecified atom stereocenters. The number of dihydropyridines is 1. The molecule has 0 bridgehead atoms. The number of carbonyl (C=O) groups is 2. The molecule has 0 radical (unpaired) electrons. The van der Waals surface area contributed by atoms with Crippen LogP contribution in [0.15, 0.2) is 59.7 Å². The Kier molecular flexibility index (Phi) is 5.09. The summed E-state index contributed by atoms with van der Waals surface area (Å²) in [7, 11) is 0. The van der Waals surface area contributed by atoms with Crippen LogP contribution in [-0.4, -0.2) is 28.6 Å². The summed E-state index contributed by atoms with van der Waals surface area (Å²) in [5, 5.41) is 0.491. The molecular formula is C22H23ClN4O2. The zero-order valence-electron chi connectivity index (χ0n) is 16.5. The van der Waals surface area contributed by atoms with Gasteiger partial charge in [0, 0.05) is 23.0 Å². The normalized spacial score (nSPS) is 23.7. The van der Waals surface area contributed by atoms with Gasteiger partial charge in [-0.15, -0.1) is 0 Å². The van der Waals surface area contributed by atoms with Gasteiger partial charge in [0.2, 0.25) is 11.8 Å². The molecule has 3 rings (SSSR count). The molecule has 1 aliphatic heterocycles. The van der Waals surface area contributed by atoms with E-state index in [1.165, 1.54) is 6.21 Å². The Morgan fingerprint density at radius 3 is 2.24 bits per heavy atom. The number of amides is 2. The summed E-state index contributed by atoms with van der Waals surface area (Å²) in [6.07, 6.45) is 6.25. The summed E-state index contributed by atoms with van der Waals surface area (Å²) < 4.78 is 0. The van der Waals surface area contributed by atoms with Gasteiger partial charge < -0.3 is 11.5 Å². The average Bonchev–Trinajstić information content (AvgIpc) is 2.68. The van der Waals surface area contributed by atoms with Crippen LogP contribution < -0.4 is 11.5 Å². The highest BCUT2D eigenvalue weighted by Gasteiger charge is 2.49. The van der Waals surface area contributed by atoms with Gasteiger partial charge in [-0.3, -0.25) is 19.6 Å². The average molecular weight is 411 g/mol. The summed E-state index contributed by atoms with van der Waals surface area (Å²) in [6.45, 7) is 5.58. The summed E-state index contributed by atoms with van der Waals surface area (Å²) in [5.41, 5.74) is 10.2. The van der Waals surface area contributed by atoms with E-state index in [2.05, 4.69) is 9.98 Å². The Bertz CT molecular complexity index is 1010. The van der Waals surface area contributed by atoms with Crippen molar-refractivity contribution in [2.75, 3.05) is 0 Å². The monoisotopic (exact) mass is 410 g/mol. The minimum absolute atomic E-state index is 0.491. The molecule has 1 aromatic carbocycles. The van der Waals surface area contributed by atoms with Crippen molar-refractivity contribution in [1.82, 2.24) is 4.98 Å². The SMILES string of the molecule is CC(C)(C)C1(C(N)=O)C=CC(C(N)=O)(c2ccc(Cl)c(-c3ccccn3)c2)C=N1. The molecule has 6 nitrogen and oxygen atoms in total. The number of hydrogen-bond acceptors (Lipinski definition) is 4. The number of nitrogens with two attached hydrogens (primary N) is 2. The fourth-order valence-electron chi connectivity index (χ4n) is 3.46. The van der Waals surface area contributed by atoms with Crippen molar-refractivity contribution in [2.24, 2.45) is 21.9 Å². The molecule has 150 valence electrons. The van der Waals surface area contributed by atoms with Gasteiger partial charge in [-0.1, -0.05) is 50.6 Å². The summed E-state index contributed by atoms with van der Waals surface area (Å²) in [4.78, 5) is 33.6. The third-order valence-electron chi connectivity index (χ3n) is 5.37. The lowest BCUT2D eigenvalue weighted by atomic mass is 9.68. The number of halogens is 1. The number of aromatic nitrogens is 1. The van der Waals surface area contributed by atoms with Crippen LogP contribution in [0.2, 0.25) is 5.02 Å². The fourth-order valence-corrected chi connectivity index (χ4v) is 3.67. The molecule has 0 spiro atoms. The molecule has 7 heteroatoms. The molecule has 0 fully saturated rings. The first-order valence-corrected chi connectivity index (χ1v) is 9.49. The Hall–Kier alpha value is -2.99. The molecule has 2 heterocycles. The molecule has 2 amide bonds. The number of aliphatic imine (C=N–C) groups is 1. The fraction of sp³-hybridized carbons (Fsp3) is 0.273. The Labute approximate surface area is 174 Å². The number of rotatable bonds is 4. The zero-order valence-corrected chi connectivity index (χ0v) is 17.3. The van der Waals surface area contributed by atoms with Crippen LogP contribution in [0.1, 0.15) is 26.3 Å². The minimum Gasteiger partial charge on any atom is -0.368 e. The summed E-state index contributed by atoms with van der Waals surface area (Å²) >= 11 is 6.37. The van der Waals surface area contributed by atoms with E-state index >= 15 is 0 Å². The van der Waals surface area contributed by atoms with Gasteiger partial charge in [0.05, 0.1) is 5.69 Å². The van der Waals surface area contributed by atoms with Crippen molar-refractivity contribution >= 4 is 29.6 Å². The number of benzene rings is 1. The first-order chi connectivity index (χ1) is 13.5. The van der Waals surface area contributed by atoms with Crippen molar-refractivity contribution in [1.29, 1.82) is 0 Å². The third-order valence-corrected chi connectivity index (χ3v) is 5.70. The smallest absolute Gasteiger partial charge is 0.249 e. The van der Waals surface area contributed by atoms with E-state index in [9.17, 15) is 9.59 Å². The van der Waals surface area contributed by atoms with Gasteiger partial charge in [-0.25, -0.2) is 0 Å². The van der Waals surface area contributed by atoms with Gasteiger partial charge in [0.25, 0.3) is 0 Å². The molecule has 1 aliphatic rings. The summed E-state index contributed by atoms with van der Waals surface area (Å²) in [5.74, 6) is -1.22. The Balaban J connectivity index is 2.16. The zero-order chi connectivity index (χ0) is 21.4. The largest absolute Gasteiger partial charge is 0.368 e. The lowest BCUT2D eigenvalue weighted by molar-refractivity contribution is -0.125. The molecule has 1 aromatic heterocycles. The van der Waals surface area contributed by atoms with Crippen LogP contribution in [-0.2, 0) is 15.0 Å². The van der Waals surface area contributed by atoms with E-state index in [4.69, 9.17) is 23.1 Å². The van der Waals surface area contributed by atoms with E-state index in [0.717, 1.165) is 0 Å². The highest BCUT2D eigenvalue weighted by atomic mass is 35.5. The Morgan fingerprint density at radius 2 is 1.76 bits per heavy atom.